The van der Waals surface area contributed by atoms with E-state index in [-0.39, 0.29) is 5.91 Å². The summed E-state index contributed by atoms with van der Waals surface area (Å²) in [5.74, 6) is 1.90. The number of ether oxygens (including phenoxy) is 2. The Morgan fingerprint density at radius 1 is 1.44 bits per heavy atom. The van der Waals surface area contributed by atoms with Crippen LogP contribution in [0.4, 0.5) is 5.82 Å². The summed E-state index contributed by atoms with van der Waals surface area (Å²) < 4.78 is 10.6. The average molecular weight is 240 g/mol. The van der Waals surface area contributed by atoms with Crippen LogP contribution in [0, 0.1) is 0 Å². The van der Waals surface area contributed by atoms with Gasteiger partial charge in [-0.25, -0.2) is 0 Å². The van der Waals surface area contributed by atoms with E-state index in [2.05, 4.69) is 22.9 Å². The van der Waals surface area contributed by atoms with Crippen molar-refractivity contribution in [1.82, 2.24) is 4.98 Å². The molecule has 0 spiro atoms. The van der Waals surface area contributed by atoms with Gasteiger partial charge in [0.15, 0.2) is 5.75 Å². The predicted molar refractivity (Wildman–Crippen MR) is 62.3 cm³/mol. The minimum Gasteiger partial charge on any atom is -0.484 e. The summed E-state index contributed by atoms with van der Waals surface area (Å²) in [6, 6.07) is 3.42. The van der Waals surface area contributed by atoms with Crippen molar-refractivity contribution < 1.29 is 14.3 Å². The van der Waals surface area contributed by atoms with E-state index >= 15 is 0 Å². The summed E-state index contributed by atoms with van der Waals surface area (Å²) in [6.07, 6.45) is 0.360. The van der Waals surface area contributed by atoms with Crippen LogP contribution in [0.1, 0.15) is 6.42 Å². The van der Waals surface area contributed by atoms with Gasteiger partial charge in [-0.1, -0.05) is 0 Å². The number of nitrogens with zero attached hydrogens (tertiary/aromatic N) is 1. The van der Waals surface area contributed by atoms with Crippen LogP contribution >= 0.6 is 12.6 Å². The minimum absolute atomic E-state index is 0.112. The molecular weight excluding hydrogens is 228 g/mol. The van der Waals surface area contributed by atoms with E-state index in [0.29, 0.717) is 42.8 Å². The van der Waals surface area contributed by atoms with Gasteiger partial charge in [0.1, 0.15) is 19.0 Å². The van der Waals surface area contributed by atoms with Gasteiger partial charge < -0.3 is 14.8 Å². The van der Waals surface area contributed by atoms with Gasteiger partial charge in [0.25, 0.3) is 5.88 Å². The summed E-state index contributed by atoms with van der Waals surface area (Å²) in [7, 11) is 0. The first-order valence-electron chi connectivity index (χ1n) is 4.97. The maximum absolute atomic E-state index is 11.3. The monoisotopic (exact) mass is 240 g/mol. The lowest BCUT2D eigenvalue weighted by Crippen LogP contribution is -2.18. The quantitative estimate of drug-likeness (QED) is 0.777. The first-order valence-corrected chi connectivity index (χ1v) is 5.60. The van der Waals surface area contributed by atoms with Crippen LogP contribution in [-0.2, 0) is 4.79 Å². The number of pyridine rings is 1. The van der Waals surface area contributed by atoms with Crippen molar-refractivity contribution in [3.63, 3.8) is 0 Å². The summed E-state index contributed by atoms with van der Waals surface area (Å²) in [6.45, 7) is 1.01. The molecule has 0 atom stereocenters. The Hall–Kier alpha value is -1.43. The molecule has 0 unspecified atom stereocenters. The molecule has 16 heavy (non-hydrogen) atoms. The summed E-state index contributed by atoms with van der Waals surface area (Å²) in [5.41, 5.74) is 0. The molecule has 0 bridgehead atoms. The van der Waals surface area contributed by atoms with Crippen LogP contribution < -0.4 is 14.8 Å². The molecule has 2 heterocycles. The number of thiol groups is 1. The molecule has 0 aliphatic carbocycles. The number of anilines is 1. The van der Waals surface area contributed by atoms with Gasteiger partial charge in [-0.2, -0.15) is 17.6 Å². The Morgan fingerprint density at radius 2 is 2.25 bits per heavy atom. The molecule has 2 rings (SSSR count). The summed E-state index contributed by atoms with van der Waals surface area (Å²) in [4.78, 5) is 15.4. The molecule has 1 aliphatic heterocycles. The lowest BCUT2D eigenvalue weighted by Gasteiger charge is -2.17. The second kappa shape index (κ2) is 5.07. The van der Waals surface area contributed by atoms with E-state index in [4.69, 9.17) is 9.47 Å². The molecule has 0 saturated heterocycles. The number of hydrogen-bond donors (Lipinski definition) is 2. The number of amides is 1. The second-order valence-corrected chi connectivity index (χ2v) is 3.67. The normalized spacial score (nSPS) is 13.3. The number of nitrogens with one attached hydrogen (secondary N) is 1. The van der Waals surface area contributed by atoms with Gasteiger partial charge in [-0.05, 0) is 17.9 Å². The maximum atomic E-state index is 11.3. The standard InChI is InChI=1S/C10H12N2O3S/c13-9(3-6-16)11-8-2-1-7-10(12-8)15-5-4-14-7/h1-2,16H,3-6H2,(H,11,12,13). The van der Waals surface area contributed by atoms with Crippen molar-refractivity contribution in [2.24, 2.45) is 0 Å². The fraction of sp³-hybridized carbons (Fsp3) is 0.400. The molecule has 86 valence electrons. The van der Waals surface area contributed by atoms with Crippen LogP contribution in [0.3, 0.4) is 0 Å². The van der Waals surface area contributed by atoms with Crippen LogP contribution in [0.2, 0.25) is 0 Å². The highest BCUT2D eigenvalue weighted by Crippen LogP contribution is 2.28. The van der Waals surface area contributed by atoms with Crippen molar-refractivity contribution in [2.75, 3.05) is 24.3 Å². The Bertz CT molecular complexity index is 398. The third kappa shape index (κ3) is 2.57. The number of fused-ring (bicyclic) bond motifs is 1. The topological polar surface area (TPSA) is 60.5 Å². The minimum atomic E-state index is -0.112. The molecule has 1 aromatic rings. The predicted octanol–water partition coefficient (Wildman–Crippen LogP) is 1.11. The van der Waals surface area contributed by atoms with E-state index < -0.39 is 0 Å². The smallest absolute Gasteiger partial charge is 0.259 e. The molecule has 1 N–H and O–H groups in total. The van der Waals surface area contributed by atoms with E-state index in [1.807, 2.05) is 0 Å². The number of aromatic nitrogens is 1. The molecule has 0 aromatic carbocycles. The Kier molecular flexibility index (Phi) is 3.51. The second-order valence-electron chi connectivity index (χ2n) is 3.22. The summed E-state index contributed by atoms with van der Waals surface area (Å²) in [5, 5.41) is 2.66. The fourth-order valence-corrected chi connectivity index (χ4v) is 1.51. The highest BCUT2D eigenvalue weighted by atomic mass is 32.1. The lowest BCUT2D eigenvalue weighted by molar-refractivity contribution is -0.115. The fourth-order valence-electron chi connectivity index (χ4n) is 1.31. The van der Waals surface area contributed by atoms with E-state index in [1.54, 1.807) is 12.1 Å². The number of hydrogen-bond acceptors (Lipinski definition) is 5. The molecule has 6 heteroatoms. The lowest BCUT2D eigenvalue weighted by atomic mass is 10.4. The maximum Gasteiger partial charge on any atom is 0.259 e. The molecule has 1 aromatic heterocycles. The first-order chi connectivity index (χ1) is 7.79. The number of carbonyl (C=O) groups is 1. The highest BCUT2D eigenvalue weighted by molar-refractivity contribution is 7.80. The van der Waals surface area contributed by atoms with Gasteiger partial charge in [-0.3, -0.25) is 4.79 Å². The van der Waals surface area contributed by atoms with Crippen LogP contribution in [0.5, 0.6) is 11.6 Å². The molecule has 0 fully saturated rings. The van der Waals surface area contributed by atoms with E-state index in [0.717, 1.165) is 0 Å². The summed E-state index contributed by atoms with van der Waals surface area (Å²) >= 11 is 3.98. The zero-order valence-corrected chi connectivity index (χ0v) is 9.50. The van der Waals surface area contributed by atoms with Crippen molar-refractivity contribution in [3.8, 4) is 11.6 Å². The molecule has 1 aliphatic rings. The molecule has 0 saturated carbocycles. The molecule has 0 radical (unpaired) electrons. The van der Waals surface area contributed by atoms with Gasteiger partial charge in [0, 0.05) is 6.42 Å². The van der Waals surface area contributed by atoms with Gasteiger partial charge in [0.2, 0.25) is 5.91 Å². The van der Waals surface area contributed by atoms with Crippen LogP contribution in [-0.4, -0.2) is 29.9 Å². The zero-order valence-electron chi connectivity index (χ0n) is 8.60. The van der Waals surface area contributed by atoms with Crippen LogP contribution in [0.15, 0.2) is 12.1 Å². The Balaban J connectivity index is 2.08. The van der Waals surface area contributed by atoms with Crippen molar-refractivity contribution in [2.45, 2.75) is 6.42 Å². The van der Waals surface area contributed by atoms with E-state index in [1.165, 1.54) is 0 Å². The number of rotatable bonds is 3. The van der Waals surface area contributed by atoms with Crippen LogP contribution in [0.25, 0.3) is 0 Å². The number of carbonyl (C=O) groups excluding carboxylic acids is 1. The van der Waals surface area contributed by atoms with Crippen molar-refractivity contribution >= 4 is 24.4 Å². The van der Waals surface area contributed by atoms with Gasteiger partial charge in [-0.15, -0.1) is 0 Å². The highest BCUT2D eigenvalue weighted by Gasteiger charge is 2.14. The third-order valence-electron chi connectivity index (χ3n) is 2.01. The Labute approximate surface area is 98.6 Å². The van der Waals surface area contributed by atoms with Crippen molar-refractivity contribution in [1.29, 1.82) is 0 Å². The van der Waals surface area contributed by atoms with Gasteiger partial charge >= 0.3 is 0 Å². The average Bonchev–Trinajstić information content (AvgIpc) is 2.29. The Morgan fingerprint density at radius 3 is 3.06 bits per heavy atom. The molecule has 1 amide bonds. The van der Waals surface area contributed by atoms with Gasteiger partial charge in [0.05, 0.1) is 0 Å². The third-order valence-corrected chi connectivity index (χ3v) is 2.23. The molecular formula is C10H12N2O3S. The zero-order chi connectivity index (χ0) is 11.4. The largest absolute Gasteiger partial charge is 0.484 e. The first kappa shape index (κ1) is 11.1. The SMILES string of the molecule is O=C(CCS)Nc1ccc2c(n1)OCCO2. The molecule has 5 nitrogen and oxygen atoms in total. The van der Waals surface area contributed by atoms with Crippen molar-refractivity contribution in [3.05, 3.63) is 12.1 Å². The van der Waals surface area contributed by atoms with E-state index in [9.17, 15) is 4.79 Å².